The number of benzene rings is 1. The fourth-order valence-corrected chi connectivity index (χ4v) is 2.58. The number of anilines is 1. The summed E-state index contributed by atoms with van der Waals surface area (Å²) in [5.41, 5.74) is 5.61. The Morgan fingerprint density at radius 1 is 1.59 bits per heavy atom. The predicted octanol–water partition coefficient (Wildman–Crippen LogP) is 2.20. The van der Waals surface area contributed by atoms with Crippen molar-refractivity contribution in [2.24, 2.45) is 0 Å². The zero-order chi connectivity index (χ0) is 13.2. The third-order valence-electron chi connectivity index (χ3n) is 1.79. The highest BCUT2D eigenvalue weighted by molar-refractivity contribution is 9.10. The minimum absolute atomic E-state index is 0.0964. The second-order valence-electron chi connectivity index (χ2n) is 3.15. The summed E-state index contributed by atoms with van der Waals surface area (Å²) in [6.45, 7) is 3.14. The third kappa shape index (κ3) is 3.67. The second-order valence-corrected chi connectivity index (χ2v) is 6.27. The summed E-state index contributed by atoms with van der Waals surface area (Å²) in [5.74, 6) is -0.904. The number of nitrogen functional groups attached to an aromatic ring is 1. The fourth-order valence-electron chi connectivity index (χ4n) is 1.00. The van der Waals surface area contributed by atoms with Gasteiger partial charge in [-0.15, -0.1) is 0 Å². The molecule has 1 rings (SSSR count). The average molecular weight is 344 g/mol. The maximum atomic E-state index is 13.5. The van der Waals surface area contributed by atoms with Crippen molar-refractivity contribution in [1.29, 1.82) is 0 Å². The first-order chi connectivity index (χ1) is 7.74. The van der Waals surface area contributed by atoms with Crippen LogP contribution in [0.1, 0.15) is 0 Å². The third-order valence-corrected chi connectivity index (χ3v) is 4.03. The Labute approximate surface area is 112 Å². The first kappa shape index (κ1) is 14.4. The number of hydrogen-bond acceptors (Lipinski definition) is 3. The van der Waals surface area contributed by atoms with Gasteiger partial charge in [-0.3, -0.25) is 0 Å². The van der Waals surface area contributed by atoms with E-state index in [0.717, 1.165) is 12.1 Å². The molecule has 0 aliphatic carbocycles. The summed E-state index contributed by atoms with van der Waals surface area (Å²) >= 11 is 8.41. The van der Waals surface area contributed by atoms with E-state index in [1.54, 1.807) is 0 Å². The minimum atomic E-state index is -4.00. The smallest absolute Gasteiger partial charge is 0.243 e. The van der Waals surface area contributed by atoms with Crippen LogP contribution in [0.5, 0.6) is 0 Å². The lowest BCUT2D eigenvalue weighted by Crippen LogP contribution is -2.25. The van der Waals surface area contributed by atoms with Crippen molar-refractivity contribution in [2.75, 3.05) is 12.3 Å². The molecule has 94 valence electrons. The first-order valence-electron chi connectivity index (χ1n) is 4.31. The maximum Gasteiger partial charge on any atom is 0.243 e. The maximum absolute atomic E-state index is 13.5. The van der Waals surface area contributed by atoms with Gasteiger partial charge < -0.3 is 5.73 Å². The highest BCUT2D eigenvalue weighted by atomic mass is 79.9. The molecule has 0 aromatic heterocycles. The topological polar surface area (TPSA) is 72.2 Å². The van der Waals surface area contributed by atoms with Crippen LogP contribution in [-0.4, -0.2) is 15.0 Å². The molecule has 0 atom stereocenters. The second kappa shape index (κ2) is 5.34. The van der Waals surface area contributed by atoms with Crippen molar-refractivity contribution >= 4 is 43.2 Å². The quantitative estimate of drug-likeness (QED) is 0.823. The van der Waals surface area contributed by atoms with E-state index >= 15 is 0 Å². The van der Waals surface area contributed by atoms with E-state index in [1.807, 2.05) is 0 Å². The molecule has 1 aromatic rings. The standard InChI is InChI=1S/C9H9BrClFN2O2S/c1-5(11)4-14-17(15,16)9-3-8(13)6(10)2-7(9)12/h2-3,14H,1,4,13H2. The Kier molecular flexibility index (Phi) is 4.54. The molecule has 0 bridgehead atoms. The van der Waals surface area contributed by atoms with Gasteiger partial charge in [-0.1, -0.05) is 18.2 Å². The van der Waals surface area contributed by atoms with Crippen LogP contribution < -0.4 is 10.5 Å². The van der Waals surface area contributed by atoms with Crippen molar-refractivity contribution in [3.63, 3.8) is 0 Å². The molecule has 0 aliphatic heterocycles. The summed E-state index contributed by atoms with van der Waals surface area (Å²) in [7, 11) is -4.00. The van der Waals surface area contributed by atoms with Gasteiger partial charge in [0.2, 0.25) is 10.0 Å². The van der Waals surface area contributed by atoms with Crippen molar-refractivity contribution in [1.82, 2.24) is 4.72 Å². The molecule has 0 spiro atoms. The molecule has 0 radical (unpaired) electrons. The largest absolute Gasteiger partial charge is 0.398 e. The van der Waals surface area contributed by atoms with Crippen LogP contribution in [0.3, 0.4) is 0 Å². The molecular formula is C9H9BrClFN2O2S. The van der Waals surface area contributed by atoms with Crippen molar-refractivity contribution in [2.45, 2.75) is 4.90 Å². The molecule has 17 heavy (non-hydrogen) atoms. The number of nitrogens with one attached hydrogen (secondary N) is 1. The fraction of sp³-hybridized carbons (Fsp3) is 0.111. The number of sulfonamides is 1. The zero-order valence-electron chi connectivity index (χ0n) is 8.50. The summed E-state index contributed by atoms with van der Waals surface area (Å²) < 4.78 is 39.3. The molecule has 1 aromatic carbocycles. The highest BCUT2D eigenvalue weighted by Gasteiger charge is 2.20. The molecule has 0 aliphatic rings. The molecule has 0 saturated heterocycles. The molecular weight excluding hydrogens is 335 g/mol. The summed E-state index contributed by atoms with van der Waals surface area (Å²) in [5, 5.41) is 0.0964. The van der Waals surface area contributed by atoms with E-state index in [2.05, 4.69) is 27.2 Å². The van der Waals surface area contributed by atoms with Gasteiger partial charge in [0.15, 0.2) is 0 Å². The highest BCUT2D eigenvalue weighted by Crippen LogP contribution is 2.25. The lowest BCUT2D eigenvalue weighted by atomic mass is 10.3. The monoisotopic (exact) mass is 342 g/mol. The van der Waals surface area contributed by atoms with E-state index in [0.29, 0.717) is 0 Å². The first-order valence-corrected chi connectivity index (χ1v) is 6.97. The van der Waals surface area contributed by atoms with Crippen LogP contribution in [0, 0.1) is 5.82 Å². The van der Waals surface area contributed by atoms with Crippen LogP contribution in [0.2, 0.25) is 0 Å². The number of rotatable bonds is 4. The Hall–Kier alpha value is -0.630. The van der Waals surface area contributed by atoms with Crippen LogP contribution in [0.15, 0.2) is 33.1 Å². The Bertz CT molecular complexity index is 562. The summed E-state index contributed by atoms with van der Waals surface area (Å²) in [6, 6.07) is 2.01. The van der Waals surface area contributed by atoms with Gasteiger partial charge in [-0.05, 0) is 28.1 Å². The molecule has 0 unspecified atom stereocenters. The van der Waals surface area contributed by atoms with Crippen molar-refractivity contribution < 1.29 is 12.8 Å². The van der Waals surface area contributed by atoms with E-state index in [1.165, 1.54) is 0 Å². The van der Waals surface area contributed by atoms with E-state index in [9.17, 15) is 12.8 Å². The lowest BCUT2D eigenvalue weighted by molar-refractivity contribution is 0.559. The van der Waals surface area contributed by atoms with E-state index in [-0.39, 0.29) is 21.7 Å². The molecule has 3 N–H and O–H groups in total. The van der Waals surface area contributed by atoms with Crippen LogP contribution >= 0.6 is 27.5 Å². The minimum Gasteiger partial charge on any atom is -0.398 e. The molecule has 8 heteroatoms. The average Bonchev–Trinajstić information content (AvgIpc) is 2.20. The SMILES string of the molecule is C=C(Cl)CNS(=O)(=O)c1cc(N)c(Br)cc1F. The van der Waals surface area contributed by atoms with Gasteiger partial charge >= 0.3 is 0 Å². The lowest BCUT2D eigenvalue weighted by Gasteiger charge is -2.08. The molecule has 0 amide bonds. The predicted molar refractivity (Wildman–Crippen MR) is 68.7 cm³/mol. The molecule has 0 fully saturated rings. The Morgan fingerprint density at radius 2 is 2.18 bits per heavy atom. The van der Waals surface area contributed by atoms with E-state index < -0.39 is 20.7 Å². The number of hydrogen-bond donors (Lipinski definition) is 2. The van der Waals surface area contributed by atoms with Crippen LogP contribution in [-0.2, 0) is 10.0 Å². The number of nitrogens with two attached hydrogens (primary N) is 1. The van der Waals surface area contributed by atoms with Gasteiger partial charge in [0.25, 0.3) is 0 Å². The van der Waals surface area contributed by atoms with Crippen LogP contribution in [0.25, 0.3) is 0 Å². The Balaban J connectivity index is 3.15. The van der Waals surface area contributed by atoms with Crippen LogP contribution in [0.4, 0.5) is 10.1 Å². The number of halogens is 3. The normalized spacial score (nSPS) is 11.5. The van der Waals surface area contributed by atoms with Gasteiger partial charge in [-0.2, -0.15) is 0 Å². The van der Waals surface area contributed by atoms with Crippen molar-refractivity contribution in [3.8, 4) is 0 Å². The molecule has 0 heterocycles. The van der Waals surface area contributed by atoms with Gasteiger partial charge in [0, 0.05) is 21.7 Å². The van der Waals surface area contributed by atoms with Gasteiger partial charge in [0.05, 0.1) is 0 Å². The van der Waals surface area contributed by atoms with Crippen molar-refractivity contribution in [3.05, 3.63) is 34.0 Å². The van der Waals surface area contributed by atoms with Gasteiger partial charge in [-0.25, -0.2) is 17.5 Å². The molecule has 0 saturated carbocycles. The Morgan fingerprint density at radius 3 is 2.71 bits per heavy atom. The molecule has 4 nitrogen and oxygen atoms in total. The van der Waals surface area contributed by atoms with E-state index in [4.69, 9.17) is 17.3 Å². The zero-order valence-corrected chi connectivity index (χ0v) is 11.7. The summed E-state index contributed by atoms with van der Waals surface area (Å²) in [4.78, 5) is -0.531. The van der Waals surface area contributed by atoms with Gasteiger partial charge in [0.1, 0.15) is 10.7 Å². The summed E-state index contributed by atoms with van der Waals surface area (Å²) in [6.07, 6.45) is 0.